The lowest BCUT2D eigenvalue weighted by Crippen LogP contribution is -2.50. The summed E-state index contributed by atoms with van der Waals surface area (Å²) in [5.41, 5.74) is 13.7. The monoisotopic (exact) mass is 1070 g/mol. The largest absolute Gasteiger partial charge is 0.444 e. The van der Waals surface area contributed by atoms with Crippen molar-refractivity contribution in [3.63, 3.8) is 0 Å². The number of nitrogens with two attached hydrogens (primary N) is 1. The van der Waals surface area contributed by atoms with Crippen LogP contribution in [0, 0.1) is 13.8 Å². The molecule has 72 heavy (non-hydrogen) atoms. The van der Waals surface area contributed by atoms with Crippen LogP contribution >= 0.6 is 15.9 Å². The Kier molecular flexibility index (Phi) is 28.3. The molecular formula is C55H89BrN8O8. The van der Waals surface area contributed by atoms with Crippen LogP contribution in [0.3, 0.4) is 0 Å². The van der Waals surface area contributed by atoms with E-state index in [0.717, 1.165) is 81.6 Å². The second-order valence-electron chi connectivity index (χ2n) is 18.6. The number of nitrogens with one attached hydrogen (secondary N) is 1. The minimum absolute atomic E-state index is 0. The van der Waals surface area contributed by atoms with Gasteiger partial charge in [-0.15, -0.1) is 0 Å². The van der Waals surface area contributed by atoms with E-state index in [4.69, 9.17) is 34.2 Å². The normalized spacial score (nSPS) is 13.6. The fourth-order valence-corrected chi connectivity index (χ4v) is 7.53. The van der Waals surface area contributed by atoms with Crippen molar-refractivity contribution in [2.75, 3.05) is 99.6 Å². The maximum Gasteiger partial charge on any atom is 0.410 e. The number of rotatable bonds is 14. The van der Waals surface area contributed by atoms with Gasteiger partial charge in [0.1, 0.15) is 11.2 Å². The number of nitrogen functional groups attached to an aromatic ring is 1. The van der Waals surface area contributed by atoms with Crippen molar-refractivity contribution < 1.29 is 38.0 Å². The third-order valence-electron chi connectivity index (χ3n) is 10.3. The molecule has 6 rings (SSSR count). The zero-order valence-corrected chi connectivity index (χ0v) is 44.6. The highest BCUT2D eigenvalue weighted by Crippen LogP contribution is 2.28. The minimum Gasteiger partial charge on any atom is -0.444 e. The van der Waals surface area contributed by atoms with Gasteiger partial charge < -0.3 is 59.1 Å². The van der Waals surface area contributed by atoms with Gasteiger partial charge in [-0.25, -0.2) is 9.59 Å². The number of amides is 2. The summed E-state index contributed by atoms with van der Waals surface area (Å²) in [4.78, 5) is 41.2. The van der Waals surface area contributed by atoms with Gasteiger partial charge in [0.25, 0.3) is 0 Å². The number of anilines is 5. The van der Waals surface area contributed by atoms with E-state index in [1.807, 2.05) is 113 Å². The van der Waals surface area contributed by atoms with Crippen molar-refractivity contribution in [2.24, 2.45) is 0 Å². The fraction of sp³-hybridized carbons (Fsp3) is 0.564. The summed E-state index contributed by atoms with van der Waals surface area (Å²) in [6.45, 7) is 31.3. The van der Waals surface area contributed by atoms with Gasteiger partial charge >= 0.3 is 12.2 Å². The van der Waals surface area contributed by atoms with Crippen LogP contribution in [0.25, 0.3) is 0 Å². The van der Waals surface area contributed by atoms with Crippen molar-refractivity contribution in [1.82, 2.24) is 19.8 Å². The summed E-state index contributed by atoms with van der Waals surface area (Å²) in [7, 11) is 0. The molecule has 2 amide bonds. The van der Waals surface area contributed by atoms with Crippen LogP contribution in [0.15, 0.2) is 77.5 Å². The van der Waals surface area contributed by atoms with Gasteiger partial charge in [-0.05, 0) is 171 Å². The van der Waals surface area contributed by atoms with E-state index in [-0.39, 0.29) is 40.8 Å². The number of aryl methyl sites for hydroxylation is 2. The summed E-state index contributed by atoms with van der Waals surface area (Å²) < 4.78 is 33.9. The highest BCUT2D eigenvalue weighted by molar-refractivity contribution is 9.10. The second-order valence-corrected chi connectivity index (χ2v) is 19.5. The maximum atomic E-state index is 12.4. The highest BCUT2D eigenvalue weighted by Gasteiger charge is 2.28. The van der Waals surface area contributed by atoms with Crippen molar-refractivity contribution in [3.05, 3.63) is 100 Å². The van der Waals surface area contributed by atoms with Crippen LogP contribution in [-0.2, 0) is 28.4 Å². The summed E-state index contributed by atoms with van der Waals surface area (Å²) in [6.07, 6.45) is 2.26. The first-order chi connectivity index (χ1) is 32.7. The third-order valence-corrected chi connectivity index (χ3v) is 10.8. The summed E-state index contributed by atoms with van der Waals surface area (Å²) >= 11 is 3.33. The van der Waals surface area contributed by atoms with Crippen molar-refractivity contribution in [2.45, 2.75) is 129 Å². The number of nitrogens with zero attached hydrogens (tertiary/aromatic N) is 6. The molecule has 4 heterocycles. The van der Waals surface area contributed by atoms with Crippen LogP contribution in [0.4, 0.5) is 38.0 Å². The molecule has 0 atom stereocenters. The lowest BCUT2D eigenvalue weighted by atomic mass is 10.1. The molecule has 2 saturated heterocycles. The molecule has 2 aliphatic rings. The third kappa shape index (κ3) is 22.3. The maximum absolute atomic E-state index is 12.4. The Morgan fingerprint density at radius 2 is 0.986 bits per heavy atom. The number of carbonyl (C=O) groups excluding carboxylic acids is 2. The average molecular weight is 1070 g/mol. The second kappa shape index (κ2) is 31.4. The molecule has 404 valence electrons. The van der Waals surface area contributed by atoms with Gasteiger partial charge in [0.15, 0.2) is 0 Å². The molecule has 16 nitrogen and oxygen atoms in total. The number of benzene rings is 2. The van der Waals surface area contributed by atoms with E-state index < -0.39 is 17.5 Å². The van der Waals surface area contributed by atoms with Gasteiger partial charge in [-0.3, -0.25) is 9.97 Å². The Balaban J connectivity index is 0.000000583. The molecule has 0 spiro atoms. The van der Waals surface area contributed by atoms with Gasteiger partial charge in [0, 0.05) is 112 Å². The number of hydrogen-bond donors (Lipinski definition) is 2. The number of piperazine rings is 2. The predicted molar refractivity (Wildman–Crippen MR) is 298 cm³/mol. The van der Waals surface area contributed by atoms with Crippen LogP contribution in [-0.4, -0.2) is 122 Å². The molecule has 0 bridgehead atoms. The number of pyridine rings is 2. The van der Waals surface area contributed by atoms with Gasteiger partial charge in [-0.1, -0.05) is 22.3 Å². The molecule has 4 aromatic rings. The van der Waals surface area contributed by atoms with E-state index >= 15 is 0 Å². The SMILES string of the molecule is C.C.C.CCOC(OCC)c1ccc(Br)cn1.CCOC(OCC)c1ccc(Nc2cc(C)cc(N3CCN(C(=O)OC(C)(C)C)CC3)c2)cn1.Cc1cc(N)cc(N2CCN(C(=O)OC(C)(C)C)CC2)c1. The lowest BCUT2D eigenvalue weighted by Gasteiger charge is -2.37. The Morgan fingerprint density at radius 3 is 1.35 bits per heavy atom. The summed E-state index contributed by atoms with van der Waals surface area (Å²) in [6, 6.07) is 20.2. The van der Waals surface area contributed by atoms with E-state index in [2.05, 4.69) is 72.2 Å². The number of ether oxygens (including phenoxy) is 6. The highest BCUT2D eigenvalue weighted by atomic mass is 79.9. The van der Waals surface area contributed by atoms with Crippen molar-refractivity contribution in [1.29, 1.82) is 0 Å². The number of aromatic nitrogens is 2. The van der Waals surface area contributed by atoms with E-state index in [1.165, 1.54) is 0 Å². The molecule has 0 saturated carbocycles. The van der Waals surface area contributed by atoms with Crippen molar-refractivity contribution >= 4 is 56.6 Å². The molecule has 2 aromatic heterocycles. The topological polar surface area (TPSA) is 166 Å². The van der Waals surface area contributed by atoms with Crippen LogP contribution in [0.5, 0.6) is 0 Å². The van der Waals surface area contributed by atoms with Gasteiger partial charge in [0.2, 0.25) is 12.6 Å². The predicted octanol–water partition coefficient (Wildman–Crippen LogP) is 12.7. The number of hydrogen-bond acceptors (Lipinski definition) is 14. The Labute approximate surface area is 441 Å². The first kappa shape index (κ1) is 64.8. The van der Waals surface area contributed by atoms with E-state index in [0.29, 0.717) is 52.6 Å². The molecule has 2 aliphatic heterocycles. The first-order valence-electron chi connectivity index (χ1n) is 24.0. The average Bonchev–Trinajstić information content (AvgIpc) is 3.28. The number of halogens is 1. The Bertz CT molecular complexity index is 2140. The minimum atomic E-state index is -0.481. The molecule has 0 aliphatic carbocycles. The molecule has 2 aromatic carbocycles. The Hall–Kier alpha value is -5.20. The van der Waals surface area contributed by atoms with Crippen LogP contribution < -0.4 is 20.9 Å². The van der Waals surface area contributed by atoms with Gasteiger partial charge in [-0.2, -0.15) is 0 Å². The molecule has 3 N–H and O–H groups in total. The Morgan fingerprint density at radius 1 is 0.583 bits per heavy atom. The smallest absolute Gasteiger partial charge is 0.410 e. The molecule has 0 radical (unpaired) electrons. The number of carbonyl (C=O) groups is 2. The fourth-order valence-electron chi connectivity index (χ4n) is 7.29. The summed E-state index contributed by atoms with van der Waals surface area (Å²) in [5.74, 6) is 0. The van der Waals surface area contributed by atoms with E-state index in [9.17, 15) is 9.59 Å². The molecule has 0 unspecified atom stereocenters. The quantitative estimate of drug-likeness (QED) is 0.0904. The molecule has 17 heteroatoms. The zero-order chi connectivity index (χ0) is 50.7. The van der Waals surface area contributed by atoms with Gasteiger partial charge in [0.05, 0.1) is 23.3 Å². The summed E-state index contributed by atoms with van der Waals surface area (Å²) in [5, 5.41) is 3.45. The van der Waals surface area contributed by atoms with E-state index in [1.54, 1.807) is 22.2 Å². The molecular weight excluding hydrogens is 981 g/mol. The standard InChI is InChI=1S/C26H38N4O4.C16H25N3O2.C10H14BrNO2.3CH4/c1-7-32-24(33-8-2)23-10-9-20(18-27-23)28-21-15-19(3)16-22(17-21)29-11-13-30(14-12-29)25(31)34-26(4,5)6;1-12-9-13(17)11-14(10-12)18-5-7-19(8-6-18)15(20)21-16(2,3)4;1-3-13-10(14-4-2)9-6-5-8(11)7-12-9;;;/h9-10,15-18,24,28H,7-8,11-14H2,1-6H3;9-11H,5-8,17H2,1-4H3;5-7,10H,3-4H2,1-2H3;3*1H4. The van der Waals surface area contributed by atoms with Crippen LogP contribution in [0.1, 0.15) is 127 Å². The first-order valence-corrected chi connectivity index (χ1v) is 24.7. The van der Waals surface area contributed by atoms with Crippen molar-refractivity contribution in [3.8, 4) is 0 Å². The zero-order valence-electron chi connectivity index (χ0n) is 43.0. The molecule has 2 fully saturated rings. The van der Waals surface area contributed by atoms with Crippen LogP contribution in [0.2, 0.25) is 0 Å². The lowest BCUT2D eigenvalue weighted by molar-refractivity contribution is -0.142.